The molecular weight excluding hydrogens is 337 g/mol. The molecule has 21 heavy (non-hydrogen) atoms. The number of pyridine rings is 1. The summed E-state index contributed by atoms with van der Waals surface area (Å²) < 4.78 is 14.2. The smallest absolute Gasteiger partial charge is 0.255 e. The lowest BCUT2D eigenvalue weighted by Crippen LogP contribution is -2.27. The first-order chi connectivity index (χ1) is 10.0. The molecule has 1 aromatic heterocycles. The number of nitrogens with one attached hydrogen (secondary N) is 2. The first kappa shape index (κ1) is 15.4. The molecule has 1 atom stereocenters. The Morgan fingerprint density at radius 2 is 2.14 bits per heavy atom. The van der Waals surface area contributed by atoms with Gasteiger partial charge in [-0.3, -0.25) is 4.79 Å². The van der Waals surface area contributed by atoms with Gasteiger partial charge in [-0.2, -0.15) is 0 Å². The average Bonchev–Trinajstić information content (AvgIpc) is 2.47. The molecule has 0 saturated heterocycles. The summed E-state index contributed by atoms with van der Waals surface area (Å²) in [4.78, 5) is 16.1. The van der Waals surface area contributed by atoms with Crippen LogP contribution in [0, 0.1) is 5.82 Å². The van der Waals surface area contributed by atoms with Crippen molar-refractivity contribution in [3.63, 3.8) is 0 Å². The highest BCUT2D eigenvalue weighted by atomic mass is 79.9. The average molecular weight is 352 g/mol. The molecule has 4 nitrogen and oxygen atoms in total. The van der Waals surface area contributed by atoms with Crippen LogP contribution < -0.4 is 10.6 Å². The van der Waals surface area contributed by atoms with E-state index in [2.05, 4.69) is 31.5 Å². The third-order valence-electron chi connectivity index (χ3n) is 3.03. The second-order valence-electron chi connectivity index (χ2n) is 4.55. The molecule has 2 N–H and O–H groups in total. The maximum absolute atomic E-state index is 13.3. The number of hydrogen-bond acceptors (Lipinski definition) is 3. The molecule has 1 amide bonds. The van der Waals surface area contributed by atoms with Gasteiger partial charge >= 0.3 is 0 Å². The molecule has 2 rings (SSSR count). The molecule has 0 radical (unpaired) electrons. The number of carbonyl (C=O) groups excluding carboxylic acids is 1. The van der Waals surface area contributed by atoms with E-state index in [0.29, 0.717) is 5.82 Å². The normalized spacial score (nSPS) is 11.8. The molecule has 0 aliphatic carbocycles. The van der Waals surface area contributed by atoms with Crippen LogP contribution in [0.4, 0.5) is 10.2 Å². The van der Waals surface area contributed by atoms with Gasteiger partial charge in [0, 0.05) is 11.5 Å². The highest BCUT2D eigenvalue weighted by Crippen LogP contribution is 2.19. The number of carbonyl (C=O) groups is 1. The van der Waals surface area contributed by atoms with Crippen LogP contribution in [-0.4, -0.2) is 17.9 Å². The van der Waals surface area contributed by atoms with E-state index in [4.69, 9.17) is 0 Å². The summed E-state index contributed by atoms with van der Waals surface area (Å²) in [6.45, 7) is 1.87. The maximum Gasteiger partial charge on any atom is 0.255 e. The molecule has 0 saturated carbocycles. The van der Waals surface area contributed by atoms with Gasteiger partial charge in [0.1, 0.15) is 11.6 Å². The highest BCUT2D eigenvalue weighted by Gasteiger charge is 2.16. The minimum absolute atomic E-state index is 0.180. The fraction of sp³-hybridized carbons (Fsp3) is 0.200. The van der Waals surface area contributed by atoms with E-state index in [1.807, 2.05) is 31.2 Å². The van der Waals surface area contributed by atoms with Crippen LogP contribution in [0.5, 0.6) is 0 Å². The van der Waals surface area contributed by atoms with E-state index in [9.17, 15) is 9.18 Å². The zero-order valence-corrected chi connectivity index (χ0v) is 13.2. The van der Waals surface area contributed by atoms with Crippen LogP contribution in [0.2, 0.25) is 0 Å². The van der Waals surface area contributed by atoms with E-state index in [1.165, 1.54) is 6.07 Å². The molecule has 110 valence electrons. The van der Waals surface area contributed by atoms with E-state index in [1.54, 1.807) is 7.05 Å². The lowest BCUT2D eigenvalue weighted by molar-refractivity contribution is 0.0940. The van der Waals surface area contributed by atoms with Gasteiger partial charge in [0.15, 0.2) is 0 Å². The molecule has 2 aromatic rings. The Morgan fingerprint density at radius 1 is 1.38 bits per heavy atom. The molecule has 1 aromatic carbocycles. The summed E-state index contributed by atoms with van der Waals surface area (Å²) in [5.41, 5.74) is 1.13. The first-order valence-corrected chi connectivity index (χ1v) is 7.20. The number of benzene rings is 1. The van der Waals surface area contributed by atoms with E-state index in [-0.39, 0.29) is 17.5 Å². The second kappa shape index (κ2) is 6.67. The van der Waals surface area contributed by atoms with Gasteiger partial charge in [-0.1, -0.05) is 28.1 Å². The van der Waals surface area contributed by atoms with Crippen LogP contribution in [0.25, 0.3) is 0 Å². The van der Waals surface area contributed by atoms with Gasteiger partial charge in [0.25, 0.3) is 5.91 Å². The zero-order valence-electron chi connectivity index (χ0n) is 11.7. The molecular formula is C15H15BrFN3O. The number of nitrogens with zero attached hydrogens (tertiary/aromatic N) is 1. The standard InChI is InChI=1S/C15H15BrFN3O/c1-9(10-4-3-5-11(16)6-10)20-15(21)13-7-12(17)8-19-14(13)18-2/h3-9H,1-2H3,(H,18,19)(H,20,21). The van der Waals surface area contributed by atoms with Crippen LogP contribution >= 0.6 is 15.9 Å². The quantitative estimate of drug-likeness (QED) is 0.885. The van der Waals surface area contributed by atoms with Crippen molar-refractivity contribution in [1.29, 1.82) is 0 Å². The largest absolute Gasteiger partial charge is 0.372 e. The van der Waals surface area contributed by atoms with Crippen LogP contribution in [0.3, 0.4) is 0 Å². The van der Waals surface area contributed by atoms with Crippen molar-refractivity contribution in [2.75, 3.05) is 12.4 Å². The van der Waals surface area contributed by atoms with Crippen molar-refractivity contribution in [2.45, 2.75) is 13.0 Å². The van der Waals surface area contributed by atoms with Crippen molar-refractivity contribution in [1.82, 2.24) is 10.3 Å². The molecule has 0 aliphatic heterocycles. The van der Waals surface area contributed by atoms with Crippen LogP contribution in [0.15, 0.2) is 41.0 Å². The van der Waals surface area contributed by atoms with Crippen molar-refractivity contribution in [2.24, 2.45) is 0 Å². The Kier molecular flexibility index (Phi) is 4.90. The van der Waals surface area contributed by atoms with Crippen LogP contribution in [0.1, 0.15) is 28.9 Å². The zero-order chi connectivity index (χ0) is 15.4. The minimum atomic E-state index is -0.547. The van der Waals surface area contributed by atoms with Crippen molar-refractivity contribution in [3.05, 3.63) is 57.9 Å². The number of anilines is 1. The molecule has 1 unspecified atom stereocenters. The first-order valence-electron chi connectivity index (χ1n) is 6.41. The Hall–Kier alpha value is -1.95. The highest BCUT2D eigenvalue weighted by molar-refractivity contribution is 9.10. The van der Waals surface area contributed by atoms with Gasteiger partial charge in [-0.25, -0.2) is 9.37 Å². The summed E-state index contributed by atoms with van der Waals surface area (Å²) in [5, 5.41) is 5.61. The van der Waals surface area contributed by atoms with Gasteiger partial charge in [-0.05, 0) is 30.7 Å². The van der Waals surface area contributed by atoms with Crippen molar-refractivity contribution in [3.8, 4) is 0 Å². The van der Waals surface area contributed by atoms with Crippen molar-refractivity contribution < 1.29 is 9.18 Å². The fourth-order valence-corrected chi connectivity index (χ4v) is 2.36. The predicted octanol–water partition coefficient (Wildman–Crippen LogP) is 3.52. The number of rotatable bonds is 4. The lowest BCUT2D eigenvalue weighted by Gasteiger charge is -2.16. The summed E-state index contributed by atoms with van der Waals surface area (Å²) in [7, 11) is 1.63. The van der Waals surface area contributed by atoms with Gasteiger partial charge < -0.3 is 10.6 Å². The Morgan fingerprint density at radius 3 is 2.81 bits per heavy atom. The molecule has 0 fully saturated rings. The Labute approximate surface area is 130 Å². The summed E-state index contributed by atoms with van der Waals surface area (Å²) in [6, 6.07) is 8.61. The van der Waals surface area contributed by atoms with E-state index < -0.39 is 5.82 Å². The molecule has 1 heterocycles. The second-order valence-corrected chi connectivity index (χ2v) is 5.47. The van der Waals surface area contributed by atoms with Crippen LogP contribution in [-0.2, 0) is 0 Å². The van der Waals surface area contributed by atoms with Gasteiger partial charge in [0.2, 0.25) is 0 Å². The van der Waals surface area contributed by atoms with E-state index in [0.717, 1.165) is 16.2 Å². The predicted molar refractivity (Wildman–Crippen MR) is 83.8 cm³/mol. The number of amides is 1. The molecule has 0 bridgehead atoms. The third-order valence-corrected chi connectivity index (χ3v) is 3.53. The minimum Gasteiger partial charge on any atom is -0.372 e. The Bertz CT molecular complexity index is 663. The molecule has 0 spiro atoms. The monoisotopic (exact) mass is 351 g/mol. The van der Waals surface area contributed by atoms with Crippen molar-refractivity contribution >= 4 is 27.7 Å². The number of hydrogen-bond donors (Lipinski definition) is 2. The van der Waals surface area contributed by atoms with Gasteiger partial charge in [0.05, 0.1) is 17.8 Å². The SMILES string of the molecule is CNc1ncc(F)cc1C(=O)NC(C)c1cccc(Br)c1. The molecule has 0 aliphatic rings. The Balaban J connectivity index is 2.20. The lowest BCUT2D eigenvalue weighted by atomic mass is 10.1. The fourth-order valence-electron chi connectivity index (χ4n) is 1.95. The summed E-state index contributed by atoms with van der Waals surface area (Å²) in [6.07, 6.45) is 1.07. The maximum atomic E-state index is 13.3. The third kappa shape index (κ3) is 3.78. The van der Waals surface area contributed by atoms with E-state index >= 15 is 0 Å². The number of aromatic nitrogens is 1. The number of halogens is 2. The molecule has 6 heteroatoms. The topological polar surface area (TPSA) is 54.0 Å². The summed E-state index contributed by atoms with van der Waals surface area (Å²) in [5.74, 6) is -0.580. The summed E-state index contributed by atoms with van der Waals surface area (Å²) >= 11 is 3.39. The van der Waals surface area contributed by atoms with Gasteiger partial charge in [-0.15, -0.1) is 0 Å².